The van der Waals surface area contributed by atoms with Crippen molar-refractivity contribution < 1.29 is 17.9 Å². The average Bonchev–Trinajstić information content (AvgIpc) is 2.89. The average molecular weight is 560 g/mol. The van der Waals surface area contributed by atoms with E-state index in [1.54, 1.807) is 0 Å². The van der Waals surface area contributed by atoms with E-state index in [2.05, 4.69) is 0 Å². The van der Waals surface area contributed by atoms with Crippen molar-refractivity contribution in [2.45, 2.75) is 26.1 Å². The molecule has 0 aliphatic heterocycles. The normalized spacial score (nSPS) is 11.8. The molecule has 0 N–H and O–H groups in total. The summed E-state index contributed by atoms with van der Waals surface area (Å²) in [5.41, 5.74) is -1.06. The minimum Gasteiger partial charge on any atom is -0.494 e. The molecule has 0 aliphatic carbocycles. The number of ether oxygens (including phenoxy) is 1. The first-order valence-electron chi connectivity index (χ1n) is 12.0. The third-order valence-corrected chi connectivity index (χ3v) is 6.68. The highest BCUT2D eigenvalue weighted by molar-refractivity contribution is 5.85. The van der Waals surface area contributed by atoms with Crippen molar-refractivity contribution in [3.63, 3.8) is 0 Å². The summed E-state index contributed by atoms with van der Waals surface area (Å²) >= 11 is 0. The molecule has 0 spiro atoms. The number of methoxy groups -OCH3 is 1. The van der Waals surface area contributed by atoms with Crippen LogP contribution < -0.4 is 16.0 Å². The molecule has 39 heavy (non-hydrogen) atoms. The monoisotopic (exact) mass is 559 g/mol. The molecular weight excluding hydrogens is 531 g/mol. The molecule has 0 amide bonds. The summed E-state index contributed by atoms with van der Waals surface area (Å²) in [6.45, 7) is 0.897. The van der Waals surface area contributed by atoms with Gasteiger partial charge in [0.25, 0.3) is 5.56 Å². The second-order valence-electron chi connectivity index (χ2n) is 9.16. The largest absolute Gasteiger partial charge is 0.494 e. The number of likely N-dealkylation sites (N-methyl/N-ethyl adjacent to an activating group) is 1. The molecule has 0 saturated heterocycles. The zero-order valence-electron chi connectivity index (χ0n) is 22.0. The molecule has 1 atom stereocenters. The van der Waals surface area contributed by atoms with Gasteiger partial charge in [-0.15, -0.1) is 12.4 Å². The summed E-state index contributed by atoms with van der Waals surface area (Å²) in [6, 6.07) is 16.7. The first kappa shape index (κ1) is 29.7. The van der Waals surface area contributed by atoms with E-state index in [9.17, 15) is 18.4 Å². The second kappa shape index (κ2) is 12.4. The van der Waals surface area contributed by atoms with Crippen LogP contribution in [0.5, 0.6) is 5.75 Å². The van der Waals surface area contributed by atoms with Crippen molar-refractivity contribution in [3.05, 3.63) is 122 Å². The van der Waals surface area contributed by atoms with Crippen molar-refractivity contribution in [3.8, 4) is 16.9 Å². The summed E-state index contributed by atoms with van der Waals surface area (Å²) in [6.07, 6.45) is 0. The summed E-state index contributed by atoms with van der Waals surface area (Å²) in [5, 5.41) is 0. The van der Waals surface area contributed by atoms with Gasteiger partial charge in [0.2, 0.25) is 0 Å². The van der Waals surface area contributed by atoms with Gasteiger partial charge in [-0.1, -0.05) is 48.5 Å². The fourth-order valence-electron chi connectivity index (χ4n) is 4.58. The highest BCUT2D eigenvalue weighted by Gasteiger charge is 2.25. The van der Waals surface area contributed by atoms with Crippen LogP contribution in [-0.2, 0) is 13.1 Å². The molecule has 206 valence electrons. The van der Waals surface area contributed by atoms with Gasteiger partial charge in [0.15, 0.2) is 11.6 Å². The van der Waals surface area contributed by atoms with Gasteiger partial charge < -0.3 is 9.64 Å². The first-order valence-corrected chi connectivity index (χ1v) is 12.0. The van der Waals surface area contributed by atoms with Crippen LogP contribution in [0.15, 0.2) is 76.3 Å². The molecule has 0 radical (unpaired) electrons. The van der Waals surface area contributed by atoms with Crippen LogP contribution in [0.3, 0.4) is 0 Å². The third-order valence-electron chi connectivity index (χ3n) is 6.68. The topological polar surface area (TPSA) is 56.5 Å². The Bertz CT molecular complexity index is 1570. The number of nitrogens with zero attached hydrogens (tertiary/aromatic N) is 3. The molecule has 0 aliphatic rings. The zero-order chi connectivity index (χ0) is 27.6. The fraction of sp³-hybridized carbons (Fsp3) is 0.241. The minimum absolute atomic E-state index is 0. The summed E-state index contributed by atoms with van der Waals surface area (Å²) in [4.78, 5) is 29.5. The Balaban J connectivity index is 0.00000420. The van der Waals surface area contributed by atoms with Gasteiger partial charge in [0.1, 0.15) is 11.6 Å². The first-order chi connectivity index (χ1) is 18.1. The third kappa shape index (κ3) is 5.79. The van der Waals surface area contributed by atoms with Crippen LogP contribution in [0.2, 0.25) is 0 Å². The molecule has 0 saturated carbocycles. The molecule has 0 bridgehead atoms. The molecule has 0 fully saturated rings. The van der Waals surface area contributed by atoms with E-state index in [-0.39, 0.29) is 47.1 Å². The second-order valence-corrected chi connectivity index (χ2v) is 9.16. The fourth-order valence-corrected chi connectivity index (χ4v) is 4.58. The summed E-state index contributed by atoms with van der Waals surface area (Å²) in [5.74, 6) is -2.53. The molecule has 4 aromatic rings. The van der Waals surface area contributed by atoms with Crippen LogP contribution in [-0.4, -0.2) is 35.2 Å². The van der Waals surface area contributed by atoms with Gasteiger partial charge >= 0.3 is 5.69 Å². The maximum Gasteiger partial charge on any atom is 0.331 e. The predicted molar refractivity (Wildman–Crippen MR) is 147 cm³/mol. The molecule has 6 nitrogen and oxygen atoms in total. The Labute approximate surface area is 230 Å². The molecule has 1 heterocycles. The maximum atomic E-state index is 15.4. The highest BCUT2D eigenvalue weighted by atomic mass is 35.5. The van der Waals surface area contributed by atoms with E-state index in [1.807, 2.05) is 49.3 Å². The lowest BCUT2D eigenvalue weighted by molar-refractivity contribution is 0.261. The Morgan fingerprint density at radius 3 is 2.08 bits per heavy atom. The highest BCUT2D eigenvalue weighted by Crippen LogP contribution is 2.29. The van der Waals surface area contributed by atoms with E-state index in [1.165, 1.54) is 38.3 Å². The number of benzene rings is 3. The molecule has 1 aromatic heterocycles. The molecule has 0 unspecified atom stereocenters. The lowest BCUT2D eigenvalue weighted by Crippen LogP contribution is -2.44. The standard InChI is InChI=1S/C29H28F3N3O3.ClH/c1-18-26(20-12-8-15-25(38-4)27(20)32)28(36)35(17-24(33(2)3)19-10-6-5-7-11-19)29(37)34(18)16-21-22(30)13-9-14-23(21)31;/h5-15,24H,16-17H2,1-4H3;1H/t24-;/m0./s1. The molecule has 3 aromatic carbocycles. The van der Waals surface area contributed by atoms with Crippen LogP contribution in [0.25, 0.3) is 11.1 Å². The quantitative estimate of drug-likeness (QED) is 0.298. The number of hydrogen-bond donors (Lipinski definition) is 0. The Kier molecular flexibility index (Phi) is 9.42. The maximum absolute atomic E-state index is 15.4. The van der Waals surface area contributed by atoms with Gasteiger partial charge in [0, 0.05) is 16.8 Å². The van der Waals surface area contributed by atoms with Crippen molar-refractivity contribution in [1.82, 2.24) is 14.0 Å². The summed E-state index contributed by atoms with van der Waals surface area (Å²) in [7, 11) is 4.93. The van der Waals surface area contributed by atoms with Crippen LogP contribution >= 0.6 is 12.4 Å². The lowest BCUT2D eigenvalue weighted by atomic mass is 10.0. The molecule has 4 rings (SSSR count). The number of aromatic nitrogens is 2. The van der Waals surface area contributed by atoms with Crippen molar-refractivity contribution in [1.29, 1.82) is 0 Å². The predicted octanol–water partition coefficient (Wildman–Crippen LogP) is 5.18. The van der Waals surface area contributed by atoms with E-state index in [4.69, 9.17) is 4.74 Å². The van der Waals surface area contributed by atoms with Crippen molar-refractivity contribution >= 4 is 12.4 Å². The number of halogens is 4. The minimum atomic E-state index is -0.835. The van der Waals surface area contributed by atoms with E-state index in [0.717, 1.165) is 26.8 Å². The number of hydrogen-bond acceptors (Lipinski definition) is 4. The summed E-state index contributed by atoms with van der Waals surface area (Å²) < 4.78 is 51.8. The van der Waals surface area contributed by atoms with Crippen LogP contribution in [0.4, 0.5) is 13.2 Å². The Morgan fingerprint density at radius 2 is 1.49 bits per heavy atom. The van der Waals surface area contributed by atoms with Crippen LogP contribution in [0.1, 0.15) is 22.9 Å². The van der Waals surface area contributed by atoms with Gasteiger partial charge in [-0.2, -0.15) is 0 Å². The van der Waals surface area contributed by atoms with Gasteiger partial charge in [-0.05, 0) is 44.8 Å². The molecular formula is C29H29ClF3N3O3. The molecule has 10 heteroatoms. The Hall–Kier alpha value is -3.82. The van der Waals surface area contributed by atoms with Crippen molar-refractivity contribution in [2.24, 2.45) is 0 Å². The Morgan fingerprint density at radius 1 is 0.872 bits per heavy atom. The van der Waals surface area contributed by atoms with E-state index in [0.29, 0.717) is 0 Å². The van der Waals surface area contributed by atoms with Crippen LogP contribution in [0, 0.1) is 24.4 Å². The van der Waals surface area contributed by atoms with E-state index < -0.39 is 41.3 Å². The zero-order valence-corrected chi connectivity index (χ0v) is 22.8. The van der Waals surface area contributed by atoms with E-state index >= 15 is 4.39 Å². The lowest BCUT2D eigenvalue weighted by Gasteiger charge is -2.26. The van der Waals surface area contributed by atoms with Gasteiger partial charge in [0.05, 0.1) is 31.8 Å². The van der Waals surface area contributed by atoms with Gasteiger partial charge in [-0.25, -0.2) is 18.0 Å². The smallest absolute Gasteiger partial charge is 0.331 e. The van der Waals surface area contributed by atoms with Crippen molar-refractivity contribution in [2.75, 3.05) is 21.2 Å². The van der Waals surface area contributed by atoms with Gasteiger partial charge in [-0.3, -0.25) is 13.9 Å². The SMILES string of the molecule is COc1cccc(-c2c(C)n(Cc3c(F)cccc3F)c(=O)n(C[C@@H](c3ccccc3)N(C)C)c2=O)c1F.Cl. The number of rotatable bonds is 8.